The molecule has 0 aromatic heterocycles. The van der Waals surface area contributed by atoms with E-state index in [1.807, 2.05) is 19.9 Å². The van der Waals surface area contributed by atoms with Crippen LogP contribution in [-0.4, -0.2) is 37.5 Å². The Morgan fingerprint density at radius 3 is 2.46 bits per heavy atom. The quantitative estimate of drug-likeness (QED) is 0.651. The molecule has 1 fully saturated rings. The predicted molar refractivity (Wildman–Crippen MR) is 120 cm³/mol. The van der Waals surface area contributed by atoms with Gasteiger partial charge in [0.05, 0.1) is 30.0 Å². The smallest absolute Gasteiger partial charge is 0.171 e. The maximum absolute atomic E-state index is 6.43. The molecule has 0 bridgehead atoms. The zero-order valence-corrected chi connectivity index (χ0v) is 18.3. The molecule has 2 aromatic carbocycles. The van der Waals surface area contributed by atoms with Crippen molar-refractivity contribution in [2.75, 3.05) is 31.6 Å². The molecule has 2 aromatic rings. The van der Waals surface area contributed by atoms with Gasteiger partial charge in [0.25, 0.3) is 0 Å². The molecule has 0 amide bonds. The summed E-state index contributed by atoms with van der Waals surface area (Å²) in [5, 5.41) is 8.07. The van der Waals surface area contributed by atoms with Crippen molar-refractivity contribution in [3.05, 3.63) is 64.2 Å². The van der Waals surface area contributed by atoms with Crippen molar-refractivity contribution in [3.8, 4) is 0 Å². The minimum absolute atomic E-state index is 0.153. The van der Waals surface area contributed by atoms with Gasteiger partial charge in [-0.3, -0.25) is 0 Å². The fourth-order valence-corrected chi connectivity index (χ4v) is 4.65. The number of nitrogens with one attached hydrogen (secondary N) is 3. The maximum Gasteiger partial charge on any atom is 0.171 e. The second-order valence-corrected chi connectivity index (χ2v) is 8.30. The molecule has 3 N–H and O–H groups in total. The van der Waals surface area contributed by atoms with Crippen LogP contribution < -0.4 is 15.5 Å². The molecule has 0 saturated carbocycles. The van der Waals surface area contributed by atoms with E-state index in [1.165, 1.54) is 10.5 Å². The molecule has 0 radical (unpaired) electrons. The molecule has 0 unspecified atom stereocenters. The van der Waals surface area contributed by atoms with Gasteiger partial charge in [-0.15, -0.1) is 0 Å². The highest BCUT2D eigenvalue weighted by Gasteiger charge is 2.31. The van der Waals surface area contributed by atoms with E-state index < -0.39 is 0 Å². The van der Waals surface area contributed by atoms with Crippen molar-refractivity contribution in [2.45, 2.75) is 32.9 Å². The SMILES string of the molecule is Cc1cc(C)c(NC(=S)N[C@@H](C)[C@@H](c2ccccc2)[NH+]2CCOCC2)c(Cl)c1. The van der Waals surface area contributed by atoms with Crippen molar-refractivity contribution in [2.24, 2.45) is 0 Å². The molecular weight excluding hydrogens is 390 g/mol. The number of benzene rings is 2. The third kappa shape index (κ3) is 5.23. The Hall–Kier alpha value is -1.66. The minimum atomic E-state index is 0.153. The molecule has 28 heavy (non-hydrogen) atoms. The van der Waals surface area contributed by atoms with Gasteiger partial charge in [-0.25, -0.2) is 0 Å². The van der Waals surface area contributed by atoms with Gasteiger partial charge in [0.15, 0.2) is 5.11 Å². The van der Waals surface area contributed by atoms with Crippen molar-refractivity contribution < 1.29 is 9.64 Å². The zero-order valence-electron chi connectivity index (χ0n) is 16.7. The van der Waals surface area contributed by atoms with Crippen LogP contribution in [0.3, 0.4) is 0 Å². The monoisotopic (exact) mass is 418 g/mol. The van der Waals surface area contributed by atoms with Gasteiger partial charge in [-0.1, -0.05) is 48.0 Å². The summed E-state index contributed by atoms with van der Waals surface area (Å²) in [6, 6.07) is 15.1. The molecule has 0 aliphatic carbocycles. The number of quaternary nitrogens is 1. The summed E-state index contributed by atoms with van der Waals surface area (Å²) in [5.41, 5.74) is 4.40. The highest BCUT2D eigenvalue weighted by molar-refractivity contribution is 7.80. The average Bonchev–Trinajstić information content (AvgIpc) is 2.66. The Balaban J connectivity index is 1.74. The number of morpholine rings is 1. The van der Waals surface area contributed by atoms with Crippen LogP contribution in [0.1, 0.15) is 29.7 Å². The Labute approximate surface area is 178 Å². The molecule has 1 aliphatic heterocycles. The van der Waals surface area contributed by atoms with E-state index in [1.54, 1.807) is 0 Å². The minimum Gasteiger partial charge on any atom is -0.370 e. The molecule has 150 valence electrons. The summed E-state index contributed by atoms with van der Waals surface area (Å²) in [6.07, 6.45) is 0. The van der Waals surface area contributed by atoms with E-state index >= 15 is 0 Å². The first-order valence-electron chi connectivity index (χ1n) is 9.77. The average molecular weight is 419 g/mol. The summed E-state index contributed by atoms with van der Waals surface area (Å²) in [5.74, 6) is 0. The maximum atomic E-state index is 6.43. The molecule has 0 spiro atoms. The van der Waals surface area contributed by atoms with Gasteiger partial charge in [-0.2, -0.15) is 0 Å². The Kier molecular flexibility index (Phi) is 7.30. The summed E-state index contributed by atoms with van der Waals surface area (Å²) in [6.45, 7) is 9.86. The van der Waals surface area contributed by atoms with Crippen molar-refractivity contribution in [1.29, 1.82) is 0 Å². The fourth-order valence-electron chi connectivity index (χ4n) is 4.00. The largest absolute Gasteiger partial charge is 0.370 e. The van der Waals surface area contributed by atoms with Gasteiger partial charge in [0.2, 0.25) is 0 Å². The van der Waals surface area contributed by atoms with E-state index in [-0.39, 0.29) is 6.04 Å². The van der Waals surface area contributed by atoms with E-state index in [2.05, 4.69) is 54.0 Å². The normalized spacial score (nSPS) is 17.0. The summed E-state index contributed by atoms with van der Waals surface area (Å²) in [7, 11) is 0. The number of anilines is 1. The number of ether oxygens (including phenoxy) is 1. The first kappa shape index (κ1) is 21.1. The van der Waals surface area contributed by atoms with Crippen LogP contribution in [0.5, 0.6) is 0 Å². The van der Waals surface area contributed by atoms with Crippen molar-refractivity contribution in [1.82, 2.24) is 5.32 Å². The lowest BCUT2D eigenvalue weighted by atomic mass is 9.98. The van der Waals surface area contributed by atoms with Gasteiger partial charge >= 0.3 is 0 Å². The first-order valence-corrected chi connectivity index (χ1v) is 10.6. The van der Waals surface area contributed by atoms with Crippen LogP contribution in [0.4, 0.5) is 5.69 Å². The number of thiocarbonyl (C=S) groups is 1. The lowest BCUT2D eigenvalue weighted by Gasteiger charge is -2.36. The highest BCUT2D eigenvalue weighted by Crippen LogP contribution is 2.27. The van der Waals surface area contributed by atoms with Crippen LogP contribution in [-0.2, 0) is 4.74 Å². The van der Waals surface area contributed by atoms with E-state index in [9.17, 15) is 0 Å². The molecule has 2 atom stereocenters. The van der Waals surface area contributed by atoms with Gasteiger partial charge in [0.1, 0.15) is 19.1 Å². The van der Waals surface area contributed by atoms with Crippen LogP contribution in [0.25, 0.3) is 0 Å². The number of hydrogen-bond donors (Lipinski definition) is 3. The Morgan fingerprint density at radius 2 is 1.82 bits per heavy atom. The third-order valence-corrected chi connectivity index (χ3v) is 5.78. The first-order chi connectivity index (χ1) is 13.5. The molecule has 1 aliphatic rings. The summed E-state index contributed by atoms with van der Waals surface area (Å²) < 4.78 is 5.57. The van der Waals surface area contributed by atoms with Gasteiger partial charge < -0.3 is 20.3 Å². The second kappa shape index (κ2) is 9.70. The zero-order chi connectivity index (χ0) is 20.1. The standard InChI is InChI=1S/C22H28ClN3OS/c1-15-13-16(2)20(19(23)14-15)25-22(28)24-17(3)21(18-7-5-4-6-8-18)26-9-11-27-12-10-26/h4-8,13-14,17,21H,9-12H2,1-3H3,(H2,24,25,28)/p+1/t17-,21-/m0/s1. The predicted octanol–water partition coefficient (Wildman–Crippen LogP) is 3.29. The van der Waals surface area contributed by atoms with Crippen molar-refractivity contribution >= 4 is 34.6 Å². The van der Waals surface area contributed by atoms with E-state index in [0.717, 1.165) is 43.1 Å². The van der Waals surface area contributed by atoms with Crippen LogP contribution in [0.2, 0.25) is 5.02 Å². The second-order valence-electron chi connectivity index (χ2n) is 7.48. The third-order valence-electron chi connectivity index (χ3n) is 5.26. The highest BCUT2D eigenvalue weighted by atomic mass is 35.5. The molecule has 4 nitrogen and oxygen atoms in total. The van der Waals surface area contributed by atoms with Crippen LogP contribution >= 0.6 is 23.8 Å². The molecule has 6 heteroatoms. The number of aryl methyl sites for hydroxylation is 2. The molecule has 3 rings (SSSR count). The summed E-state index contributed by atoms with van der Waals surface area (Å²) >= 11 is 12.0. The Morgan fingerprint density at radius 1 is 1.14 bits per heavy atom. The number of rotatable bonds is 5. The molecule has 1 saturated heterocycles. The fraction of sp³-hybridized carbons (Fsp3) is 0.409. The lowest BCUT2D eigenvalue weighted by Crippen LogP contribution is -3.15. The topological polar surface area (TPSA) is 37.7 Å². The van der Waals surface area contributed by atoms with Crippen LogP contribution in [0.15, 0.2) is 42.5 Å². The Bertz CT molecular complexity index is 786. The number of hydrogen-bond acceptors (Lipinski definition) is 2. The summed E-state index contributed by atoms with van der Waals surface area (Å²) in [4.78, 5) is 1.52. The lowest BCUT2D eigenvalue weighted by molar-refractivity contribution is -0.940. The number of halogens is 1. The molecular formula is C22H29ClN3OS+. The molecule has 1 heterocycles. The van der Waals surface area contributed by atoms with Crippen LogP contribution in [0, 0.1) is 13.8 Å². The van der Waals surface area contributed by atoms with E-state index in [0.29, 0.717) is 16.2 Å². The van der Waals surface area contributed by atoms with E-state index in [4.69, 9.17) is 28.6 Å². The van der Waals surface area contributed by atoms with Crippen molar-refractivity contribution in [3.63, 3.8) is 0 Å². The van der Waals surface area contributed by atoms with Gasteiger partial charge in [-0.05, 0) is 50.2 Å². The van der Waals surface area contributed by atoms with Gasteiger partial charge in [0, 0.05) is 5.56 Å².